The molecule has 5 nitrogen and oxygen atoms in total. The predicted molar refractivity (Wildman–Crippen MR) is 82.5 cm³/mol. The van der Waals surface area contributed by atoms with Crippen LogP contribution < -0.4 is 16.2 Å². The lowest BCUT2D eigenvalue weighted by molar-refractivity contribution is 0.0935. The van der Waals surface area contributed by atoms with Gasteiger partial charge in [-0.25, -0.2) is 10.2 Å². The Kier molecular flexibility index (Phi) is 5.70. The Hall–Kier alpha value is -1.46. The number of urea groups is 1. The molecule has 0 aliphatic heterocycles. The summed E-state index contributed by atoms with van der Waals surface area (Å²) >= 11 is 11.7. The summed E-state index contributed by atoms with van der Waals surface area (Å²) in [4.78, 5) is 23.6. The van der Waals surface area contributed by atoms with Crippen LogP contribution in [0.25, 0.3) is 0 Å². The zero-order chi connectivity index (χ0) is 15.2. The molecule has 21 heavy (non-hydrogen) atoms. The Morgan fingerprint density at radius 3 is 2.43 bits per heavy atom. The van der Waals surface area contributed by atoms with Gasteiger partial charge in [0.05, 0.1) is 10.6 Å². The molecule has 0 spiro atoms. The first kappa shape index (κ1) is 15.9. The molecule has 0 unspecified atom stereocenters. The van der Waals surface area contributed by atoms with Crippen molar-refractivity contribution in [2.75, 3.05) is 0 Å². The van der Waals surface area contributed by atoms with Crippen LogP contribution >= 0.6 is 23.2 Å². The Balaban J connectivity index is 1.81. The molecule has 1 aliphatic carbocycles. The van der Waals surface area contributed by atoms with Crippen molar-refractivity contribution in [3.63, 3.8) is 0 Å². The van der Waals surface area contributed by atoms with Crippen molar-refractivity contribution < 1.29 is 9.59 Å². The van der Waals surface area contributed by atoms with Gasteiger partial charge in [0.15, 0.2) is 0 Å². The minimum absolute atomic E-state index is 0.176. The van der Waals surface area contributed by atoms with Crippen molar-refractivity contribution in [2.24, 2.45) is 0 Å². The van der Waals surface area contributed by atoms with Crippen molar-refractivity contribution in [3.8, 4) is 0 Å². The fourth-order valence-corrected chi connectivity index (χ4v) is 2.82. The highest BCUT2D eigenvalue weighted by Crippen LogP contribution is 2.20. The first-order chi connectivity index (χ1) is 10.1. The lowest BCUT2D eigenvalue weighted by Crippen LogP contribution is -2.50. The van der Waals surface area contributed by atoms with Crippen LogP contribution in [0.2, 0.25) is 10.0 Å². The molecule has 1 aromatic carbocycles. The lowest BCUT2D eigenvalue weighted by atomic mass is 9.96. The number of amides is 3. The number of hydrazine groups is 1. The van der Waals surface area contributed by atoms with E-state index in [0.717, 1.165) is 25.7 Å². The topological polar surface area (TPSA) is 70.2 Å². The van der Waals surface area contributed by atoms with E-state index < -0.39 is 11.9 Å². The third-order valence-corrected chi connectivity index (χ3v) is 3.95. The highest BCUT2D eigenvalue weighted by molar-refractivity contribution is 6.36. The van der Waals surface area contributed by atoms with Gasteiger partial charge in [-0.3, -0.25) is 10.2 Å². The molecule has 0 saturated heterocycles. The van der Waals surface area contributed by atoms with E-state index in [0.29, 0.717) is 5.02 Å². The van der Waals surface area contributed by atoms with Crippen LogP contribution in [0.5, 0.6) is 0 Å². The number of halogens is 2. The quantitative estimate of drug-likeness (QED) is 0.729. The van der Waals surface area contributed by atoms with Crippen LogP contribution in [0.3, 0.4) is 0 Å². The molecule has 1 saturated carbocycles. The molecule has 2 rings (SSSR count). The fourth-order valence-electron chi connectivity index (χ4n) is 2.32. The summed E-state index contributed by atoms with van der Waals surface area (Å²) in [6, 6.07) is 4.29. The number of rotatable bonds is 2. The Morgan fingerprint density at radius 2 is 1.76 bits per heavy atom. The largest absolute Gasteiger partial charge is 0.334 e. The van der Waals surface area contributed by atoms with Crippen LogP contribution in [-0.2, 0) is 0 Å². The first-order valence-electron chi connectivity index (χ1n) is 6.88. The molecule has 3 N–H and O–H groups in total. The van der Waals surface area contributed by atoms with Gasteiger partial charge in [-0.15, -0.1) is 0 Å². The second kappa shape index (κ2) is 7.52. The second-order valence-electron chi connectivity index (χ2n) is 5.01. The lowest BCUT2D eigenvalue weighted by Gasteiger charge is -2.22. The standard InChI is InChI=1S/C14H17Cl2N3O2/c15-9-6-7-11(12(16)8-9)13(20)18-19-14(21)17-10-4-2-1-3-5-10/h6-8,10H,1-5H2,(H,18,20)(H2,17,19,21). The SMILES string of the molecule is O=C(NNC(=O)c1ccc(Cl)cc1Cl)NC1CCCCC1. The van der Waals surface area contributed by atoms with Crippen molar-refractivity contribution in [1.29, 1.82) is 0 Å². The number of nitrogens with one attached hydrogen (secondary N) is 3. The monoisotopic (exact) mass is 329 g/mol. The fraction of sp³-hybridized carbons (Fsp3) is 0.429. The molecule has 0 aromatic heterocycles. The third kappa shape index (κ3) is 4.79. The van der Waals surface area contributed by atoms with E-state index in [1.165, 1.54) is 18.6 Å². The van der Waals surface area contributed by atoms with Crippen molar-refractivity contribution in [3.05, 3.63) is 33.8 Å². The van der Waals surface area contributed by atoms with E-state index in [9.17, 15) is 9.59 Å². The summed E-state index contributed by atoms with van der Waals surface area (Å²) in [5.41, 5.74) is 4.90. The average molecular weight is 330 g/mol. The molecule has 114 valence electrons. The van der Waals surface area contributed by atoms with Gasteiger partial charge in [0.1, 0.15) is 0 Å². The first-order valence-corrected chi connectivity index (χ1v) is 7.64. The molecule has 0 heterocycles. The van der Waals surface area contributed by atoms with E-state index in [4.69, 9.17) is 23.2 Å². The maximum Gasteiger partial charge on any atom is 0.333 e. The molecule has 0 radical (unpaired) electrons. The van der Waals surface area contributed by atoms with E-state index in [-0.39, 0.29) is 16.6 Å². The number of carbonyl (C=O) groups excluding carboxylic acids is 2. The molecule has 0 atom stereocenters. The minimum Gasteiger partial charge on any atom is -0.334 e. The summed E-state index contributed by atoms with van der Waals surface area (Å²) in [6.45, 7) is 0. The zero-order valence-corrected chi connectivity index (χ0v) is 12.9. The van der Waals surface area contributed by atoms with Gasteiger partial charge in [0, 0.05) is 11.1 Å². The Labute approximate surface area is 133 Å². The highest BCUT2D eigenvalue weighted by atomic mass is 35.5. The molecule has 1 fully saturated rings. The van der Waals surface area contributed by atoms with Gasteiger partial charge in [-0.05, 0) is 31.0 Å². The second-order valence-corrected chi connectivity index (χ2v) is 5.86. The maximum atomic E-state index is 11.9. The molecular formula is C14H17Cl2N3O2. The van der Waals surface area contributed by atoms with E-state index >= 15 is 0 Å². The van der Waals surface area contributed by atoms with Crippen molar-refractivity contribution >= 4 is 35.1 Å². The molecule has 1 aliphatic rings. The van der Waals surface area contributed by atoms with E-state index in [1.54, 1.807) is 6.07 Å². The van der Waals surface area contributed by atoms with Gasteiger partial charge >= 0.3 is 6.03 Å². The number of hydrogen-bond donors (Lipinski definition) is 3. The summed E-state index contributed by atoms with van der Waals surface area (Å²) in [7, 11) is 0. The van der Waals surface area contributed by atoms with E-state index in [2.05, 4.69) is 16.2 Å². The predicted octanol–water partition coefficient (Wildman–Crippen LogP) is 3.27. The molecule has 0 bridgehead atoms. The number of benzene rings is 1. The van der Waals surface area contributed by atoms with Crippen LogP contribution in [0.1, 0.15) is 42.5 Å². The zero-order valence-electron chi connectivity index (χ0n) is 11.4. The Bertz CT molecular complexity index is 531. The molecule has 7 heteroatoms. The summed E-state index contributed by atoms with van der Waals surface area (Å²) in [5, 5.41) is 3.51. The molecule has 3 amide bonds. The maximum absolute atomic E-state index is 11.9. The number of hydrogen-bond acceptors (Lipinski definition) is 2. The van der Waals surface area contributed by atoms with Crippen LogP contribution in [0.15, 0.2) is 18.2 Å². The Morgan fingerprint density at radius 1 is 1.05 bits per heavy atom. The molecule has 1 aromatic rings. The minimum atomic E-state index is -0.490. The van der Waals surface area contributed by atoms with Gasteiger partial charge in [-0.1, -0.05) is 42.5 Å². The third-order valence-electron chi connectivity index (χ3n) is 3.41. The van der Waals surface area contributed by atoms with Gasteiger partial charge in [0.2, 0.25) is 0 Å². The van der Waals surface area contributed by atoms with E-state index in [1.807, 2.05) is 0 Å². The summed E-state index contributed by atoms with van der Waals surface area (Å²) in [5.74, 6) is -0.490. The molecular weight excluding hydrogens is 313 g/mol. The summed E-state index contributed by atoms with van der Waals surface area (Å²) < 4.78 is 0. The van der Waals surface area contributed by atoms with Gasteiger partial charge in [-0.2, -0.15) is 0 Å². The van der Waals surface area contributed by atoms with Crippen molar-refractivity contribution in [2.45, 2.75) is 38.1 Å². The van der Waals surface area contributed by atoms with Crippen molar-refractivity contribution in [1.82, 2.24) is 16.2 Å². The van der Waals surface area contributed by atoms with Crippen LogP contribution in [0, 0.1) is 0 Å². The summed E-state index contributed by atoms with van der Waals surface area (Å²) in [6.07, 6.45) is 5.41. The average Bonchev–Trinajstić information content (AvgIpc) is 2.46. The highest BCUT2D eigenvalue weighted by Gasteiger charge is 2.16. The van der Waals surface area contributed by atoms with Crippen LogP contribution in [0.4, 0.5) is 4.79 Å². The van der Waals surface area contributed by atoms with Crippen LogP contribution in [-0.4, -0.2) is 18.0 Å². The smallest absolute Gasteiger partial charge is 0.333 e. The number of carbonyl (C=O) groups is 2. The van der Waals surface area contributed by atoms with Gasteiger partial charge in [0.25, 0.3) is 5.91 Å². The van der Waals surface area contributed by atoms with Gasteiger partial charge < -0.3 is 5.32 Å². The normalized spacial score (nSPS) is 15.3.